The summed E-state index contributed by atoms with van der Waals surface area (Å²) < 4.78 is 5.51. The third-order valence-electron chi connectivity index (χ3n) is 3.92. The Kier molecular flexibility index (Phi) is 5.83. The molecule has 0 spiro atoms. The molecule has 0 aliphatic rings. The summed E-state index contributed by atoms with van der Waals surface area (Å²) in [5.74, 6) is 1.02. The van der Waals surface area contributed by atoms with E-state index in [0.29, 0.717) is 6.04 Å². The van der Waals surface area contributed by atoms with Gasteiger partial charge in [-0.25, -0.2) is 0 Å². The lowest BCUT2D eigenvalue weighted by atomic mass is 9.92. The van der Waals surface area contributed by atoms with Crippen molar-refractivity contribution in [1.82, 2.24) is 10.2 Å². The molecule has 0 radical (unpaired) electrons. The predicted molar refractivity (Wildman–Crippen MR) is 82.2 cm³/mol. The summed E-state index contributed by atoms with van der Waals surface area (Å²) >= 11 is 0. The highest BCUT2D eigenvalue weighted by Gasteiger charge is 2.19. The van der Waals surface area contributed by atoms with Crippen molar-refractivity contribution in [3.05, 3.63) is 28.3 Å². The van der Waals surface area contributed by atoms with Crippen LogP contribution in [0.25, 0.3) is 0 Å². The van der Waals surface area contributed by atoms with Crippen LogP contribution in [0.2, 0.25) is 0 Å². The SMILES string of the molecule is CNCCC(c1cc(C)c(OC)c(C)c1C)N(C)C. The highest BCUT2D eigenvalue weighted by atomic mass is 16.5. The van der Waals surface area contributed by atoms with Crippen LogP contribution in [0.1, 0.15) is 34.7 Å². The third-order valence-corrected chi connectivity index (χ3v) is 3.92. The summed E-state index contributed by atoms with van der Waals surface area (Å²) in [5.41, 5.74) is 5.24. The Morgan fingerprint density at radius 3 is 2.32 bits per heavy atom. The first kappa shape index (κ1) is 16.0. The average Bonchev–Trinajstić information content (AvgIpc) is 2.35. The standard InChI is InChI=1S/C16H28N2O/c1-11-10-14(12(2)13(3)16(11)19-7)15(18(5)6)8-9-17-4/h10,15,17H,8-9H2,1-7H3. The second-order valence-corrected chi connectivity index (χ2v) is 5.44. The molecule has 0 saturated heterocycles. The summed E-state index contributed by atoms with van der Waals surface area (Å²) in [4.78, 5) is 2.30. The van der Waals surface area contributed by atoms with Crippen molar-refractivity contribution in [1.29, 1.82) is 0 Å². The lowest BCUT2D eigenvalue weighted by molar-refractivity contribution is 0.281. The number of hydrogen-bond donors (Lipinski definition) is 1. The van der Waals surface area contributed by atoms with Crippen LogP contribution in [0, 0.1) is 20.8 Å². The second kappa shape index (κ2) is 6.92. The maximum absolute atomic E-state index is 5.51. The van der Waals surface area contributed by atoms with Gasteiger partial charge in [-0.15, -0.1) is 0 Å². The maximum atomic E-state index is 5.51. The van der Waals surface area contributed by atoms with Crippen molar-refractivity contribution in [2.45, 2.75) is 33.2 Å². The van der Waals surface area contributed by atoms with E-state index in [1.807, 2.05) is 7.05 Å². The number of benzene rings is 1. The fourth-order valence-corrected chi connectivity index (χ4v) is 2.72. The molecule has 19 heavy (non-hydrogen) atoms. The Hall–Kier alpha value is -1.06. The van der Waals surface area contributed by atoms with Crippen molar-refractivity contribution in [2.75, 3.05) is 34.8 Å². The van der Waals surface area contributed by atoms with Crippen molar-refractivity contribution in [3.63, 3.8) is 0 Å². The van der Waals surface area contributed by atoms with Gasteiger partial charge in [0.15, 0.2) is 0 Å². The molecule has 1 aromatic carbocycles. The first-order valence-corrected chi connectivity index (χ1v) is 6.89. The van der Waals surface area contributed by atoms with Crippen LogP contribution in [0.5, 0.6) is 5.75 Å². The Morgan fingerprint density at radius 2 is 1.84 bits per heavy atom. The summed E-state index contributed by atoms with van der Waals surface area (Å²) in [7, 11) is 8.05. The molecule has 0 aliphatic carbocycles. The molecular weight excluding hydrogens is 236 g/mol. The molecule has 1 unspecified atom stereocenters. The molecule has 0 bridgehead atoms. The summed E-state index contributed by atoms with van der Waals surface area (Å²) in [6, 6.07) is 2.72. The van der Waals surface area contributed by atoms with Crippen LogP contribution in [0.3, 0.4) is 0 Å². The van der Waals surface area contributed by atoms with Gasteiger partial charge in [-0.2, -0.15) is 0 Å². The molecule has 1 N–H and O–H groups in total. The van der Waals surface area contributed by atoms with E-state index < -0.39 is 0 Å². The van der Waals surface area contributed by atoms with Crippen LogP contribution >= 0.6 is 0 Å². The quantitative estimate of drug-likeness (QED) is 0.855. The molecule has 1 rings (SSSR count). The molecule has 108 valence electrons. The molecular formula is C16H28N2O. The number of nitrogens with one attached hydrogen (secondary N) is 1. The van der Waals surface area contributed by atoms with Gasteiger partial charge in [-0.3, -0.25) is 0 Å². The van der Waals surface area contributed by atoms with E-state index in [-0.39, 0.29) is 0 Å². The van der Waals surface area contributed by atoms with Gasteiger partial charge in [0.25, 0.3) is 0 Å². The van der Waals surface area contributed by atoms with Crippen molar-refractivity contribution in [3.8, 4) is 5.75 Å². The lowest BCUT2D eigenvalue weighted by Crippen LogP contribution is -2.25. The smallest absolute Gasteiger partial charge is 0.124 e. The zero-order valence-electron chi connectivity index (χ0n) is 13.4. The third kappa shape index (κ3) is 3.48. The van der Waals surface area contributed by atoms with E-state index in [4.69, 9.17) is 4.74 Å². The number of hydrogen-bond acceptors (Lipinski definition) is 3. The molecule has 3 nitrogen and oxygen atoms in total. The van der Waals surface area contributed by atoms with E-state index in [9.17, 15) is 0 Å². The zero-order chi connectivity index (χ0) is 14.6. The highest BCUT2D eigenvalue weighted by Crippen LogP contribution is 2.34. The van der Waals surface area contributed by atoms with Crippen molar-refractivity contribution >= 4 is 0 Å². The lowest BCUT2D eigenvalue weighted by Gasteiger charge is -2.28. The number of ether oxygens (including phenoxy) is 1. The minimum Gasteiger partial charge on any atom is -0.496 e. The second-order valence-electron chi connectivity index (χ2n) is 5.44. The Bertz CT molecular complexity index is 427. The zero-order valence-corrected chi connectivity index (χ0v) is 13.4. The fraction of sp³-hybridized carbons (Fsp3) is 0.625. The summed E-state index contributed by atoms with van der Waals surface area (Å²) in [5, 5.41) is 3.24. The fourth-order valence-electron chi connectivity index (χ4n) is 2.72. The van der Waals surface area contributed by atoms with E-state index >= 15 is 0 Å². The molecule has 0 amide bonds. The predicted octanol–water partition coefficient (Wildman–Crippen LogP) is 2.83. The van der Waals surface area contributed by atoms with Crippen LogP contribution in [-0.4, -0.2) is 39.7 Å². The Labute approximate surface area is 118 Å². The molecule has 0 fully saturated rings. The van der Waals surface area contributed by atoms with Crippen LogP contribution < -0.4 is 10.1 Å². The van der Waals surface area contributed by atoms with Gasteiger partial charge in [0, 0.05) is 6.04 Å². The number of nitrogens with zero attached hydrogens (tertiary/aromatic N) is 1. The largest absolute Gasteiger partial charge is 0.496 e. The van der Waals surface area contributed by atoms with Gasteiger partial charge in [-0.1, -0.05) is 6.07 Å². The van der Waals surface area contributed by atoms with Gasteiger partial charge in [0.1, 0.15) is 5.75 Å². The number of methoxy groups -OCH3 is 1. The molecule has 0 aliphatic heterocycles. The van der Waals surface area contributed by atoms with Gasteiger partial charge >= 0.3 is 0 Å². The van der Waals surface area contributed by atoms with Gasteiger partial charge < -0.3 is 15.0 Å². The topological polar surface area (TPSA) is 24.5 Å². The first-order valence-electron chi connectivity index (χ1n) is 6.89. The Balaban J connectivity index is 3.24. The minimum atomic E-state index is 0.441. The Morgan fingerprint density at radius 1 is 1.21 bits per heavy atom. The molecule has 1 atom stereocenters. The minimum absolute atomic E-state index is 0.441. The average molecular weight is 264 g/mol. The number of rotatable bonds is 6. The van der Waals surface area contributed by atoms with Gasteiger partial charge in [-0.05, 0) is 77.1 Å². The molecule has 1 aromatic rings. The highest BCUT2D eigenvalue weighted by molar-refractivity contribution is 5.50. The number of aryl methyl sites for hydroxylation is 1. The van der Waals surface area contributed by atoms with Crippen molar-refractivity contribution in [2.24, 2.45) is 0 Å². The van der Waals surface area contributed by atoms with Crippen molar-refractivity contribution < 1.29 is 4.74 Å². The first-order chi connectivity index (χ1) is 8.93. The normalized spacial score (nSPS) is 12.8. The molecule has 0 aromatic heterocycles. The maximum Gasteiger partial charge on any atom is 0.124 e. The van der Waals surface area contributed by atoms with Gasteiger partial charge in [0.05, 0.1) is 7.11 Å². The van der Waals surface area contributed by atoms with E-state index in [2.05, 4.69) is 51.1 Å². The van der Waals surface area contributed by atoms with Gasteiger partial charge in [0.2, 0.25) is 0 Å². The van der Waals surface area contributed by atoms with Crippen LogP contribution in [-0.2, 0) is 0 Å². The van der Waals surface area contributed by atoms with Crippen LogP contribution in [0.15, 0.2) is 6.07 Å². The molecule has 3 heteroatoms. The van der Waals surface area contributed by atoms with E-state index in [1.165, 1.54) is 22.3 Å². The monoisotopic (exact) mass is 264 g/mol. The van der Waals surface area contributed by atoms with E-state index in [1.54, 1.807) is 7.11 Å². The summed E-state index contributed by atoms with van der Waals surface area (Å²) in [6.45, 7) is 7.49. The summed E-state index contributed by atoms with van der Waals surface area (Å²) in [6.07, 6.45) is 1.11. The molecule has 0 saturated carbocycles. The van der Waals surface area contributed by atoms with E-state index in [0.717, 1.165) is 18.7 Å². The van der Waals surface area contributed by atoms with Crippen LogP contribution in [0.4, 0.5) is 0 Å². The molecule has 0 heterocycles.